The number of aromatic nitrogens is 1. The van der Waals surface area contributed by atoms with Crippen molar-refractivity contribution >= 4 is 17.5 Å². The molecule has 0 aliphatic heterocycles. The van der Waals surface area contributed by atoms with Gasteiger partial charge in [0, 0.05) is 29.9 Å². The predicted molar refractivity (Wildman–Crippen MR) is 127 cm³/mol. The molecule has 0 saturated heterocycles. The summed E-state index contributed by atoms with van der Waals surface area (Å²) < 4.78 is 42.4. The van der Waals surface area contributed by atoms with Crippen LogP contribution in [0.1, 0.15) is 27.8 Å². The number of rotatable bonds is 9. The van der Waals surface area contributed by atoms with E-state index in [0.29, 0.717) is 22.7 Å². The van der Waals surface area contributed by atoms with Crippen LogP contribution >= 0.6 is 11.6 Å². The van der Waals surface area contributed by atoms with E-state index >= 15 is 0 Å². The second kappa shape index (κ2) is 11.3. The number of ether oxygens (including phenoxy) is 1. The fourth-order valence-corrected chi connectivity index (χ4v) is 3.61. The lowest BCUT2D eigenvalue weighted by Crippen LogP contribution is -2.34. The summed E-state index contributed by atoms with van der Waals surface area (Å²) in [4.78, 5) is 25.5. The molecular weight excluding hydrogens is 485 g/mol. The number of nitrogens with one attached hydrogen (secondary N) is 2. The molecule has 0 saturated carbocycles. The summed E-state index contributed by atoms with van der Waals surface area (Å²) in [7, 11) is 0. The molecule has 0 fully saturated rings. The van der Waals surface area contributed by atoms with Gasteiger partial charge in [-0.2, -0.15) is 0 Å². The van der Waals surface area contributed by atoms with Crippen LogP contribution < -0.4 is 26.8 Å². The summed E-state index contributed by atoms with van der Waals surface area (Å²) in [6.07, 6.45) is -3.46. The van der Waals surface area contributed by atoms with E-state index in [0.717, 1.165) is 11.1 Å². The molecule has 186 valence electrons. The van der Waals surface area contributed by atoms with E-state index in [1.807, 2.05) is 0 Å². The van der Waals surface area contributed by atoms with Gasteiger partial charge in [-0.3, -0.25) is 9.59 Å². The smallest absolute Gasteiger partial charge is 0.406 e. The second-order valence-electron chi connectivity index (χ2n) is 7.75. The van der Waals surface area contributed by atoms with Gasteiger partial charge in [-0.15, -0.1) is 13.2 Å². The number of hydrogen-bond donors (Lipinski definition) is 3. The molecule has 3 rings (SSSR count). The lowest BCUT2D eigenvalue weighted by molar-refractivity contribution is -0.274. The molecule has 0 spiro atoms. The van der Waals surface area contributed by atoms with Crippen molar-refractivity contribution in [2.45, 2.75) is 39.3 Å². The van der Waals surface area contributed by atoms with Crippen molar-refractivity contribution in [2.24, 2.45) is 5.73 Å². The van der Waals surface area contributed by atoms with Gasteiger partial charge < -0.3 is 21.2 Å². The molecule has 1 heterocycles. The minimum absolute atomic E-state index is 0.0558. The first-order valence-corrected chi connectivity index (χ1v) is 11.0. The molecular formula is C24H24ClF3N4O3. The molecule has 0 atom stereocenters. The van der Waals surface area contributed by atoms with Crippen molar-refractivity contribution < 1.29 is 22.7 Å². The fourth-order valence-electron chi connectivity index (χ4n) is 3.41. The van der Waals surface area contributed by atoms with Gasteiger partial charge >= 0.3 is 6.36 Å². The van der Waals surface area contributed by atoms with Gasteiger partial charge in [0.05, 0.1) is 13.0 Å². The molecule has 0 radical (unpaired) electrons. The zero-order valence-electron chi connectivity index (χ0n) is 18.8. The van der Waals surface area contributed by atoms with E-state index in [1.54, 1.807) is 37.3 Å². The number of alkyl halides is 3. The molecule has 7 nitrogen and oxygen atoms in total. The van der Waals surface area contributed by atoms with Crippen LogP contribution in [-0.2, 0) is 30.8 Å². The normalized spacial score (nSPS) is 11.3. The number of nitrogens with two attached hydrogens (primary N) is 1. The van der Waals surface area contributed by atoms with Crippen molar-refractivity contribution in [1.82, 2.24) is 9.99 Å². The van der Waals surface area contributed by atoms with Crippen LogP contribution in [0.15, 0.2) is 59.5 Å². The molecule has 0 aliphatic rings. The van der Waals surface area contributed by atoms with E-state index in [1.165, 1.54) is 29.1 Å². The van der Waals surface area contributed by atoms with Crippen LogP contribution in [0, 0.1) is 6.92 Å². The van der Waals surface area contributed by atoms with E-state index in [4.69, 9.17) is 17.3 Å². The molecule has 0 bridgehead atoms. The second-order valence-corrected chi connectivity index (χ2v) is 8.19. The zero-order valence-corrected chi connectivity index (χ0v) is 19.5. The Kier molecular flexibility index (Phi) is 8.42. The number of benzene rings is 2. The zero-order chi connectivity index (χ0) is 25.6. The van der Waals surface area contributed by atoms with Crippen molar-refractivity contribution in [3.63, 3.8) is 0 Å². The van der Waals surface area contributed by atoms with Gasteiger partial charge in [0.15, 0.2) is 0 Å². The quantitative estimate of drug-likeness (QED) is 0.409. The first kappa shape index (κ1) is 26.1. The van der Waals surface area contributed by atoms with E-state index in [-0.39, 0.29) is 36.7 Å². The molecule has 3 aromatic rings. The highest BCUT2D eigenvalue weighted by atomic mass is 35.5. The maximum absolute atomic E-state index is 12.9. The SMILES string of the molecule is Cc1ccn(NCc2cccc(OC(F)(F)F)c2)c(=O)c1CC(=O)NCc1cc(Cl)ccc1CN. The van der Waals surface area contributed by atoms with E-state index in [9.17, 15) is 22.8 Å². The Morgan fingerprint density at radius 3 is 2.60 bits per heavy atom. The topological polar surface area (TPSA) is 98.4 Å². The third-order valence-electron chi connectivity index (χ3n) is 5.21. The Morgan fingerprint density at radius 1 is 1.11 bits per heavy atom. The van der Waals surface area contributed by atoms with Gasteiger partial charge in [0.2, 0.25) is 5.91 Å². The summed E-state index contributed by atoms with van der Waals surface area (Å²) in [5.41, 5.74) is 11.2. The fraction of sp³-hybridized carbons (Fsp3) is 0.250. The summed E-state index contributed by atoms with van der Waals surface area (Å²) in [6.45, 7) is 2.28. The monoisotopic (exact) mass is 508 g/mol. The minimum atomic E-state index is -4.80. The number of carbonyl (C=O) groups is 1. The molecule has 11 heteroatoms. The molecule has 35 heavy (non-hydrogen) atoms. The number of aryl methyl sites for hydroxylation is 1. The number of nitrogens with zero attached hydrogens (tertiary/aromatic N) is 1. The van der Waals surface area contributed by atoms with Crippen LogP contribution in [0.5, 0.6) is 5.75 Å². The number of amides is 1. The molecule has 1 aromatic heterocycles. The summed E-state index contributed by atoms with van der Waals surface area (Å²) in [5, 5.41) is 3.30. The van der Waals surface area contributed by atoms with Crippen molar-refractivity contribution in [3.05, 3.63) is 97.9 Å². The highest BCUT2D eigenvalue weighted by Crippen LogP contribution is 2.23. The van der Waals surface area contributed by atoms with Gasteiger partial charge in [0.1, 0.15) is 5.75 Å². The number of hydrogen-bond acceptors (Lipinski definition) is 5. The van der Waals surface area contributed by atoms with Crippen LogP contribution in [0.4, 0.5) is 13.2 Å². The van der Waals surface area contributed by atoms with Gasteiger partial charge in [-0.25, -0.2) is 4.68 Å². The van der Waals surface area contributed by atoms with Crippen molar-refractivity contribution in [1.29, 1.82) is 0 Å². The molecule has 0 unspecified atom stereocenters. The van der Waals surface area contributed by atoms with Gasteiger partial charge in [-0.05, 0) is 59.5 Å². The average molecular weight is 509 g/mol. The van der Waals surface area contributed by atoms with Crippen LogP contribution in [0.2, 0.25) is 5.02 Å². The first-order valence-electron chi connectivity index (χ1n) is 10.6. The molecule has 4 N–H and O–H groups in total. The Labute approximate surface area is 204 Å². The Morgan fingerprint density at radius 2 is 1.89 bits per heavy atom. The van der Waals surface area contributed by atoms with Crippen LogP contribution in [0.3, 0.4) is 0 Å². The number of pyridine rings is 1. The molecule has 1 amide bonds. The summed E-state index contributed by atoms with van der Waals surface area (Å²) in [5.74, 6) is -0.717. The van der Waals surface area contributed by atoms with E-state index < -0.39 is 11.9 Å². The highest BCUT2D eigenvalue weighted by molar-refractivity contribution is 6.30. The highest BCUT2D eigenvalue weighted by Gasteiger charge is 2.31. The number of halogens is 4. The Hall–Kier alpha value is -3.50. The largest absolute Gasteiger partial charge is 0.573 e. The lowest BCUT2D eigenvalue weighted by Gasteiger charge is -2.14. The maximum atomic E-state index is 12.9. The standard InChI is InChI=1S/C24H24ClF3N4O3/c1-15-7-8-32(31-13-16-3-2-4-20(9-16)35-24(26,27)28)23(34)21(15)11-22(33)30-14-18-10-19(25)6-5-17(18)12-29/h2-10,31H,11-14,29H2,1H3,(H,30,33). The Balaban J connectivity index is 1.67. The Bertz CT molecular complexity index is 1260. The first-order chi connectivity index (χ1) is 16.6. The van der Waals surface area contributed by atoms with E-state index in [2.05, 4.69) is 15.5 Å². The molecule has 0 aliphatic carbocycles. The van der Waals surface area contributed by atoms with Crippen molar-refractivity contribution in [3.8, 4) is 5.75 Å². The number of carbonyl (C=O) groups excluding carboxylic acids is 1. The van der Waals surface area contributed by atoms with Gasteiger partial charge in [0.25, 0.3) is 5.56 Å². The summed E-state index contributed by atoms with van der Waals surface area (Å²) >= 11 is 6.03. The summed E-state index contributed by atoms with van der Waals surface area (Å²) in [6, 6.07) is 12.3. The minimum Gasteiger partial charge on any atom is -0.406 e. The third kappa shape index (κ3) is 7.49. The van der Waals surface area contributed by atoms with Crippen molar-refractivity contribution in [2.75, 3.05) is 5.43 Å². The third-order valence-corrected chi connectivity index (χ3v) is 5.45. The average Bonchev–Trinajstić information content (AvgIpc) is 2.79. The van der Waals surface area contributed by atoms with Crippen LogP contribution in [-0.4, -0.2) is 16.9 Å². The van der Waals surface area contributed by atoms with Gasteiger partial charge in [-0.1, -0.05) is 29.8 Å². The predicted octanol–water partition coefficient (Wildman–Crippen LogP) is 3.77. The van der Waals surface area contributed by atoms with Crippen LogP contribution in [0.25, 0.3) is 0 Å². The maximum Gasteiger partial charge on any atom is 0.573 e. The lowest BCUT2D eigenvalue weighted by atomic mass is 10.1. The molecule has 2 aromatic carbocycles.